The van der Waals surface area contributed by atoms with Crippen molar-refractivity contribution in [3.63, 3.8) is 0 Å². The standard InChI is InChI=1S/C15H24BrNO/c1-10(2)7-11(3)9-18-15-8-13(16)5-6-14(15)12(4)17/h5-6,8,10-12H,7,9,17H2,1-4H3/t11?,12-/m0/s1. The first kappa shape index (κ1) is 15.5. The summed E-state index contributed by atoms with van der Waals surface area (Å²) in [6.45, 7) is 9.43. The summed E-state index contributed by atoms with van der Waals surface area (Å²) in [5, 5.41) is 0. The first-order valence-electron chi connectivity index (χ1n) is 6.58. The lowest BCUT2D eigenvalue weighted by Gasteiger charge is -2.18. The van der Waals surface area contributed by atoms with E-state index in [4.69, 9.17) is 10.5 Å². The van der Waals surface area contributed by atoms with E-state index in [-0.39, 0.29) is 6.04 Å². The number of benzene rings is 1. The Labute approximate surface area is 119 Å². The lowest BCUT2D eigenvalue weighted by atomic mass is 10.00. The van der Waals surface area contributed by atoms with Crippen molar-refractivity contribution in [3.05, 3.63) is 28.2 Å². The summed E-state index contributed by atoms with van der Waals surface area (Å²) in [6.07, 6.45) is 1.18. The molecule has 1 rings (SSSR count). The molecule has 0 aliphatic carbocycles. The van der Waals surface area contributed by atoms with Gasteiger partial charge in [0.1, 0.15) is 5.75 Å². The molecule has 1 unspecified atom stereocenters. The monoisotopic (exact) mass is 313 g/mol. The van der Waals surface area contributed by atoms with E-state index in [0.29, 0.717) is 11.8 Å². The van der Waals surface area contributed by atoms with Crippen molar-refractivity contribution in [2.24, 2.45) is 17.6 Å². The van der Waals surface area contributed by atoms with Crippen molar-refractivity contribution in [1.82, 2.24) is 0 Å². The van der Waals surface area contributed by atoms with Crippen LogP contribution in [0.5, 0.6) is 5.75 Å². The van der Waals surface area contributed by atoms with Crippen LogP contribution in [0.4, 0.5) is 0 Å². The van der Waals surface area contributed by atoms with E-state index in [2.05, 4.69) is 36.7 Å². The van der Waals surface area contributed by atoms with Crippen molar-refractivity contribution in [1.29, 1.82) is 0 Å². The minimum absolute atomic E-state index is 0.00601. The summed E-state index contributed by atoms with van der Waals surface area (Å²) in [4.78, 5) is 0. The molecule has 18 heavy (non-hydrogen) atoms. The quantitative estimate of drug-likeness (QED) is 0.837. The maximum Gasteiger partial charge on any atom is 0.125 e. The Morgan fingerprint density at radius 2 is 1.89 bits per heavy atom. The molecule has 0 aromatic heterocycles. The van der Waals surface area contributed by atoms with E-state index in [9.17, 15) is 0 Å². The van der Waals surface area contributed by atoms with E-state index < -0.39 is 0 Å². The Kier molecular flexibility index (Phi) is 6.16. The van der Waals surface area contributed by atoms with Crippen LogP contribution in [0.25, 0.3) is 0 Å². The fourth-order valence-electron chi connectivity index (χ4n) is 2.11. The van der Waals surface area contributed by atoms with Crippen molar-refractivity contribution >= 4 is 15.9 Å². The fourth-order valence-corrected chi connectivity index (χ4v) is 2.45. The highest BCUT2D eigenvalue weighted by Gasteiger charge is 2.11. The smallest absolute Gasteiger partial charge is 0.125 e. The number of hydrogen-bond acceptors (Lipinski definition) is 2. The second-order valence-electron chi connectivity index (χ2n) is 5.52. The van der Waals surface area contributed by atoms with Crippen LogP contribution >= 0.6 is 15.9 Å². The molecule has 0 heterocycles. The zero-order valence-corrected chi connectivity index (χ0v) is 13.3. The third-order valence-electron chi connectivity index (χ3n) is 2.86. The van der Waals surface area contributed by atoms with Crippen molar-refractivity contribution in [3.8, 4) is 5.75 Å². The summed E-state index contributed by atoms with van der Waals surface area (Å²) >= 11 is 3.47. The Hall–Kier alpha value is -0.540. The Bertz CT molecular complexity index is 377. The molecular weight excluding hydrogens is 290 g/mol. The van der Waals surface area contributed by atoms with Gasteiger partial charge in [0.05, 0.1) is 6.61 Å². The number of ether oxygens (including phenoxy) is 1. The molecule has 0 aliphatic rings. The van der Waals surface area contributed by atoms with Gasteiger partial charge in [-0.15, -0.1) is 0 Å². The molecule has 2 N–H and O–H groups in total. The first-order chi connectivity index (χ1) is 8.40. The topological polar surface area (TPSA) is 35.2 Å². The maximum absolute atomic E-state index is 5.96. The van der Waals surface area contributed by atoms with Crippen molar-refractivity contribution in [2.75, 3.05) is 6.61 Å². The van der Waals surface area contributed by atoms with Gasteiger partial charge in [0.15, 0.2) is 0 Å². The summed E-state index contributed by atoms with van der Waals surface area (Å²) in [7, 11) is 0. The Balaban J connectivity index is 2.68. The molecule has 0 saturated heterocycles. The zero-order valence-electron chi connectivity index (χ0n) is 11.7. The van der Waals surface area contributed by atoms with Gasteiger partial charge in [-0.05, 0) is 37.3 Å². The van der Waals surface area contributed by atoms with Crippen molar-refractivity contribution < 1.29 is 4.74 Å². The van der Waals surface area contributed by atoms with E-state index in [1.54, 1.807) is 0 Å². The second kappa shape index (κ2) is 7.15. The fraction of sp³-hybridized carbons (Fsp3) is 0.600. The molecule has 0 amide bonds. The predicted octanol–water partition coefficient (Wildman–Crippen LogP) is 4.53. The molecule has 102 valence electrons. The zero-order chi connectivity index (χ0) is 13.7. The molecule has 3 heteroatoms. The average molecular weight is 314 g/mol. The number of hydrogen-bond donors (Lipinski definition) is 1. The van der Waals surface area contributed by atoms with Crippen LogP contribution < -0.4 is 10.5 Å². The van der Waals surface area contributed by atoms with Crippen LogP contribution in [-0.2, 0) is 0 Å². The van der Waals surface area contributed by atoms with Gasteiger partial charge in [-0.3, -0.25) is 0 Å². The van der Waals surface area contributed by atoms with Gasteiger partial charge in [0.25, 0.3) is 0 Å². The van der Waals surface area contributed by atoms with Crippen LogP contribution in [0.2, 0.25) is 0 Å². The highest BCUT2D eigenvalue weighted by Crippen LogP contribution is 2.28. The third-order valence-corrected chi connectivity index (χ3v) is 3.36. The molecule has 0 fully saturated rings. The molecule has 1 aromatic rings. The third kappa shape index (κ3) is 4.99. The molecule has 1 aromatic carbocycles. The van der Waals surface area contributed by atoms with Gasteiger partial charge in [-0.25, -0.2) is 0 Å². The summed E-state index contributed by atoms with van der Waals surface area (Å²) < 4.78 is 6.96. The second-order valence-corrected chi connectivity index (χ2v) is 6.43. The molecular formula is C15H24BrNO. The normalized spacial score (nSPS) is 14.6. The number of rotatable bonds is 6. The van der Waals surface area contributed by atoms with Gasteiger partial charge in [-0.1, -0.05) is 42.8 Å². The van der Waals surface area contributed by atoms with E-state index >= 15 is 0 Å². The molecule has 0 radical (unpaired) electrons. The molecule has 0 bridgehead atoms. The number of nitrogens with two attached hydrogens (primary N) is 1. The molecule has 0 saturated carbocycles. The minimum atomic E-state index is -0.00601. The van der Waals surface area contributed by atoms with Crippen LogP contribution in [-0.4, -0.2) is 6.61 Å². The summed E-state index contributed by atoms with van der Waals surface area (Å²) in [5.41, 5.74) is 7.02. The molecule has 0 spiro atoms. The SMILES string of the molecule is CC(C)CC(C)COc1cc(Br)ccc1[C@H](C)N. The Morgan fingerprint density at radius 1 is 1.22 bits per heavy atom. The van der Waals surface area contributed by atoms with E-state index in [0.717, 1.165) is 22.4 Å². The van der Waals surface area contributed by atoms with Crippen LogP contribution in [0.3, 0.4) is 0 Å². The lowest BCUT2D eigenvalue weighted by molar-refractivity contribution is 0.236. The van der Waals surface area contributed by atoms with Crippen LogP contribution in [0, 0.1) is 11.8 Å². The predicted molar refractivity (Wildman–Crippen MR) is 80.9 cm³/mol. The van der Waals surface area contributed by atoms with Gasteiger partial charge in [-0.2, -0.15) is 0 Å². The summed E-state index contributed by atoms with van der Waals surface area (Å²) in [5.74, 6) is 2.17. The van der Waals surface area contributed by atoms with E-state index in [1.807, 2.05) is 25.1 Å². The molecule has 2 atom stereocenters. The van der Waals surface area contributed by atoms with Crippen LogP contribution in [0.1, 0.15) is 45.7 Å². The highest BCUT2D eigenvalue weighted by atomic mass is 79.9. The van der Waals surface area contributed by atoms with E-state index in [1.165, 1.54) is 6.42 Å². The molecule has 0 aliphatic heterocycles. The minimum Gasteiger partial charge on any atom is -0.493 e. The van der Waals surface area contributed by atoms with Crippen LogP contribution in [0.15, 0.2) is 22.7 Å². The summed E-state index contributed by atoms with van der Waals surface area (Å²) in [6, 6.07) is 6.02. The molecule has 2 nitrogen and oxygen atoms in total. The van der Waals surface area contributed by atoms with Gasteiger partial charge in [0, 0.05) is 16.1 Å². The van der Waals surface area contributed by atoms with Gasteiger partial charge < -0.3 is 10.5 Å². The van der Waals surface area contributed by atoms with Gasteiger partial charge >= 0.3 is 0 Å². The first-order valence-corrected chi connectivity index (χ1v) is 7.37. The van der Waals surface area contributed by atoms with Gasteiger partial charge in [0.2, 0.25) is 0 Å². The lowest BCUT2D eigenvalue weighted by Crippen LogP contribution is -2.14. The average Bonchev–Trinajstić information content (AvgIpc) is 2.25. The largest absolute Gasteiger partial charge is 0.493 e. The Morgan fingerprint density at radius 3 is 2.44 bits per heavy atom. The van der Waals surface area contributed by atoms with Crippen molar-refractivity contribution in [2.45, 2.75) is 40.2 Å². The highest BCUT2D eigenvalue weighted by molar-refractivity contribution is 9.10. The number of halogens is 1. The maximum atomic E-state index is 5.96.